The van der Waals surface area contributed by atoms with Crippen LogP contribution in [0.5, 0.6) is 0 Å². The van der Waals surface area contributed by atoms with Crippen LogP contribution in [-0.2, 0) is 4.79 Å². The Morgan fingerprint density at radius 1 is 1.45 bits per heavy atom. The largest absolute Gasteiger partial charge is 0.317 e. The molecule has 110 valence electrons. The number of hydrogen-bond donors (Lipinski definition) is 1. The van der Waals surface area contributed by atoms with E-state index in [1.165, 1.54) is 22.6 Å². The van der Waals surface area contributed by atoms with Gasteiger partial charge in [-0.05, 0) is 44.7 Å². The zero-order valence-electron chi connectivity index (χ0n) is 12.8. The van der Waals surface area contributed by atoms with Crippen molar-refractivity contribution in [3.05, 3.63) is 21.9 Å². The van der Waals surface area contributed by atoms with Gasteiger partial charge in [0.2, 0.25) is 5.91 Å². The maximum Gasteiger partial charge on any atom is 0.244 e. The Bertz CT molecular complexity index is 526. The summed E-state index contributed by atoms with van der Waals surface area (Å²) in [6, 6.07) is 4.76. The fourth-order valence-corrected chi connectivity index (χ4v) is 4.18. The van der Waals surface area contributed by atoms with Gasteiger partial charge >= 0.3 is 0 Å². The maximum absolute atomic E-state index is 12.9. The lowest BCUT2D eigenvalue weighted by Crippen LogP contribution is -2.43. The van der Waals surface area contributed by atoms with Crippen LogP contribution in [0, 0.1) is 12.8 Å². The third kappa shape index (κ3) is 2.09. The average Bonchev–Trinajstić information content (AvgIpc) is 3.00. The number of carbonyl (C=O) groups excluding carboxylic acids is 1. The molecule has 1 aromatic heterocycles. The second-order valence-corrected chi connectivity index (χ2v) is 7.68. The van der Waals surface area contributed by atoms with Crippen LogP contribution in [0.2, 0.25) is 0 Å². The third-order valence-corrected chi connectivity index (χ3v) is 6.00. The lowest BCUT2D eigenvalue weighted by molar-refractivity contribution is -0.133. The van der Waals surface area contributed by atoms with Crippen molar-refractivity contribution in [1.29, 1.82) is 0 Å². The molecule has 0 radical (unpaired) electrons. The van der Waals surface area contributed by atoms with Gasteiger partial charge in [0.25, 0.3) is 0 Å². The van der Waals surface area contributed by atoms with Crippen LogP contribution in [-0.4, -0.2) is 22.4 Å². The van der Waals surface area contributed by atoms with Crippen LogP contribution in [0.1, 0.15) is 56.0 Å². The molecule has 4 unspecified atom stereocenters. The van der Waals surface area contributed by atoms with Gasteiger partial charge in [0.05, 0.1) is 5.54 Å². The van der Waals surface area contributed by atoms with Gasteiger partial charge in [0, 0.05) is 15.8 Å². The molecule has 4 atom stereocenters. The molecular weight excluding hydrogens is 268 g/mol. The number of aryl methyl sites for hydroxylation is 1. The van der Waals surface area contributed by atoms with Gasteiger partial charge in [0.1, 0.15) is 6.17 Å². The summed E-state index contributed by atoms with van der Waals surface area (Å²) in [5.74, 6) is 0.987. The number of hydrogen-bond acceptors (Lipinski definition) is 3. The van der Waals surface area contributed by atoms with Crippen LogP contribution in [0.15, 0.2) is 12.1 Å². The zero-order chi connectivity index (χ0) is 14.5. The smallest absolute Gasteiger partial charge is 0.244 e. The fraction of sp³-hybridized carbons (Fsp3) is 0.688. The minimum Gasteiger partial charge on any atom is -0.317 e. The molecule has 1 saturated heterocycles. The van der Waals surface area contributed by atoms with E-state index in [1.54, 1.807) is 11.3 Å². The molecule has 20 heavy (non-hydrogen) atoms. The maximum atomic E-state index is 12.9. The summed E-state index contributed by atoms with van der Waals surface area (Å²) in [5, 5.41) is 3.60. The van der Waals surface area contributed by atoms with Crippen molar-refractivity contribution in [2.75, 3.05) is 0 Å². The number of nitrogens with one attached hydrogen (secondary N) is 1. The topological polar surface area (TPSA) is 32.3 Å². The molecule has 1 aromatic rings. The summed E-state index contributed by atoms with van der Waals surface area (Å²) in [6.45, 7) is 8.49. The number of rotatable bonds is 4. The molecule has 3 rings (SSSR count). The second kappa shape index (κ2) is 4.85. The first-order chi connectivity index (χ1) is 9.50. The van der Waals surface area contributed by atoms with Crippen LogP contribution < -0.4 is 5.32 Å². The summed E-state index contributed by atoms with van der Waals surface area (Å²) in [6.07, 6.45) is 3.26. The first-order valence-electron chi connectivity index (χ1n) is 7.67. The molecule has 1 aliphatic carbocycles. The molecule has 0 bridgehead atoms. The van der Waals surface area contributed by atoms with Gasteiger partial charge in [-0.3, -0.25) is 10.1 Å². The lowest BCUT2D eigenvalue weighted by Gasteiger charge is -2.24. The molecule has 1 N–H and O–H groups in total. The van der Waals surface area contributed by atoms with E-state index in [0.717, 1.165) is 6.42 Å². The number of thiophene rings is 1. The van der Waals surface area contributed by atoms with Crippen LogP contribution in [0.3, 0.4) is 0 Å². The predicted octanol–water partition coefficient (Wildman–Crippen LogP) is 3.45. The molecule has 2 heterocycles. The Labute approximate surface area is 125 Å². The van der Waals surface area contributed by atoms with E-state index in [2.05, 4.69) is 43.1 Å². The highest BCUT2D eigenvalue weighted by Crippen LogP contribution is 2.47. The van der Waals surface area contributed by atoms with Crippen LogP contribution >= 0.6 is 11.3 Å². The van der Waals surface area contributed by atoms with Crippen molar-refractivity contribution in [2.24, 2.45) is 5.92 Å². The standard InChI is InChI=1S/C16H24N2OS/c1-5-11-9-12(11)18-14(13-8-7-10(3)20-13)17-16(4,6-2)15(18)19/h7-8,11-12,14,17H,5-6,9H2,1-4H3. The van der Waals surface area contributed by atoms with Crippen LogP contribution in [0.4, 0.5) is 0 Å². The van der Waals surface area contributed by atoms with Crippen molar-refractivity contribution in [2.45, 2.75) is 64.7 Å². The first-order valence-corrected chi connectivity index (χ1v) is 8.48. The highest BCUT2D eigenvalue weighted by molar-refractivity contribution is 7.12. The number of nitrogens with zero attached hydrogens (tertiary/aromatic N) is 1. The second-order valence-electron chi connectivity index (χ2n) is 6.36. The first kappa shape index (κ1) is 14.1. The summed E-state index contributed by atoms with van der Waals surface area (Å²) < 4.78 is 0. The number of amides is 1. The molecule has 0 spiro atoms. The molecule has 1 aliphatic heterocycles. The van der Waals surface area contributed by atoms with E-state index in [4.69, 9.17) is 0 Å². The highest BCUT2D eigenvalue weighted by Gasteiger charge is 2.55. The SMILES string of the molecule is CCC1CC1N1C(=O)C(C)(CC)NC1c1ccc(C)s1. The molecule has 0 aromatic carbocycles. The van der Waals surface area contributed by atoms with E-state index < -0.39 is 5.54 Å². The third-order valence-electron chi connectivity index (χ3n) is 4.94. The van der Waals surface area contributed by atoms with Crippen molar-refractivity contribution in [3.63, 3.8) is 0 Å². The monoisotopic (exact) mass is 292 g/mol. The van der Waals surface area contributed by atoms with Crippen molar-refractivity contribution >= 4 is 17.2 Å². The Balaban J connectivity index is 1.92. The normalized spacial score (nSPS) is 36.7. The van der Waals surface area contributed by atoms with Crippen molar-refractivity contribution < 1.29 is 4.79 Å². The summed E-state index contributed by atoms with van der Waals surface area (Å²) in [5.41, 5.74) is -0.399. The van der Waals surface area contributed by atoms with Crippen molar-refractivity contribution in [3.8, 4) is 0 Å². The molecule has 2 fully saturated rings. The Hall–Kier alpha value is -0.870. The predicted molar refractivity (Wildman–Crippen MR) is 82.7 cm³/mol. The van der Waals surface area contributed by atoms with Gasteiger partial charge in [-0.25, -0.2) is 0 Å². The van der Waals surface area contributed by atoms with Crippen LogP contribution in [0.25, 0.3) is 0 Å². The van der Waals surface area contributed by atoms with Gasteiger partial charge in [0.15, 0.2) is 0 Å². The van der Waals surface area contributed by atoms with E-state index in [-0.39, 0.29) is 12.1 Å². The van der Waals surface area contributed by atoms with E-state index >= 15 is 0 Å². The van der Waals surface area contributed by atoms with Gasteiger partial charge in [-0.15, -0.1) is 11.3 Å². The quantitative estimate of drug-likeness (QED) is 0.922. The molecule has 1 saturated carbocycles. The summed E-state index contributed by atoms with van der Waals surface area (Å²) in [4.78, 5) is 17.6. The Morgan fingerprint density at radius 2 is 2.20 bits per heavy atom. The van der Waals surface area contributed by atoms with E-state index in [9.17, 15) is 4.79 Å². The molecule has 3 nitrogen and oxygen atoms in total. The molecular formula is C16H24N2OS. The minimum absolute atomic E-state index is 0.0766. The summed E-state index contributed by atoms with van der Waals surface area (Å²) >= 11 is 1.80. The average molecular weight is 292 g/mol. The highest BCUT2D eigenvalue weighted by atomic mass is 32.1. The zero-order valence-corrected chi connectivity index (χ0v) is 13.6. The number of carbonyl (C=O) groups is 1. The van der Waals surface area contributed by atoms with Gasteiger partial charge < -0.3 is 4.90 Å². The molecule has 1 amide bonds. The fourth-order valence-electron chi connectivity index (χ4n) is 3.25. The Kier molecular flexibility index (Phi) is 3.41. The lowest BCUT2D eigenvalue weighted by atomic mass is 9.99. The Morgan fingerprint density at radius 3 is 2.70 bits per heavy atom. The molecule has 4 heteroatoms. The van der Waals surface area contributed by atoms with E-state index in [1.807, 2.05) is 6.92 Å². The summed E-state index contributed by atoms with van der Waals surface area (Å²) in [7, 11) is 0. The minimum atomic E-state index is -0.399. The van der Waals surface area contributed by atoms with Gasteiger partial charge in [-0.2, -0.15) is 0 Å². The van der Waals surface area contributed by atoms with Gasteiger partial charge in [-0.1, -0.05) is 20.3 Å². The molecule has 2 aliphatic rings. The van der Waals surface area contributed by atoms with E-state index in [0.29, 0.717) is 12.0 Å². The van der Waals surface area contributed by atoms with Crippen molar-refractivity contribution in [1.82, 2.24) is 10.2 Å².